The van der Waals surface area contributed by atoms with E-state index in [1.54, 1.807) is 19.9 Å². The van der Waals surface area contributed by atoms with E-state index in [4.69, 9.17) is 4.74 Å². The van der Waals surface area contributed by atoms with E-state index in [0.29, 0.717) is 0 Å². The predicted molar refractivity (Wildman–Crippen MR) is 58.4 cm³/mol. The van der Waals surface area contributed by atoms with Crippen LogP contribution in [0.5, 0.6) is 5.75 Å². The Kier molecular flexibility index (Phi) is 4.08. The molecule has 0 aliphatic rings. The molecule has 3 nitrogen and oxygen atoms in total. The van der Waals surface area contributed by atoms with Gasteiger partial charge >= 0.3 is 6.09 Å². The molecule has 5 heteroatoms. The number of rotatable bonds is 2. The van der Waals surface area contributed by atoms with Crippen LogP contribution in [0.2, 0.25) is 0 Å². The molecular formula is C10H11BrFNO2. The first-order valence-electron chi connectivity index (χ1n) is 4.43. The molecule has 0 spiro atoms. The van der Waals surface area contributed by atoms with Gasteiger partial charge in [0, 0.05) is 6.04 Å². The number of amides is 1. The molecule has 82 valence electrons. The number of carbonyl (C=O) groups is 1. The SMILES string of the molecule is CC(C)NC(=O)Oc1cccc(Br)c1F. The lowest BCUT2D eigenvalue weighted by molar-refractivity contribution is 0.195. The van der Waals surface area contributed by atoms with E-state index in [9.17, 15) is 9.18 Å². The zero-order valence-corrected chi connectivity index (χ0v) is 9.97. The fourth-order valence-electron chi connectivity index (χ4n) is 0.928. The summed E-state index contributed by atoms with van der Waals surface area (Å²) >= 11 is 3.00. The Balaban J connectivity index is 2.73. The third-order valence-corrected chi connectivity index (χ3v) is 2.14. The summed E-state index contributed by atoms with van der Waals surface area (Å²) in [6, 6.07) is 4.46. The van der Waals surface area contributed by atoms with E-state index in [1.807, 2.05) is 0 Å². The van der Waals surface area contributed by atoms with Crippen molar-refractivity contribution in [1.29, 1.82) is 0 Å². The number of ether oxygens (including phenoxy) is 1. The van der Waals surface area contributed by atoms with Gasteiger partial charge in [-0.3, -0.25) is 0 Å². The maximum atomic E-state index is 13.3. The summed E-state index contributed by atoms with van der Waals surface area (Å²) in [5, 5.41) is 2.49. The first-order chi connectivity index (χ1) is 7.00. The highest BCUT2D eigenvalue weighted by molar-refractivity contribution is 9.10. The summed E-state index contributed by atoms with van der Waals surface area (Å²) in [7, 11) is 0. The summed E-state index contributed by atoms with van der Waals surface area (Å²) in [5.74, 6) is -0.682. The summed E-state index contributed by atoms with van der Waals surface area (Å²) in [4.78, 5) is 11.2. The Morgan fingerprint density at radius 2 is 2.20 bits per heavy atom. The number of carbonyl (C=O) groups excluding carboxylic acids is 1. The van der Waals surface area contributed by atoms with Gasteiger partial charge in [-0.1, -0.05) is 6.07 Å². The van der Waals surface area contributed by atoms with Crippen molar-refractivity contribution in [2.45, 2.75) is 19.9 Å². The van der Waals surface area contributed by atoms with Gasteiger partial charge < -0.3 is 10.1 Å². The van der Waals surface area contributed by atoms with Crippen molar-refractivity contribution in [2.75, 3.05) is 0 Å². The van der Waals surface area contributed by atoms with Crippen LogP contribution < -0.4 is 10.1 Å². The topological polar surface area (TPSA) is 38.3 Å². The molecule has 15 heavy (non-hydrogen) atoms. The average Bonchev–Trinajstić information content (AvgIpc) is 2.11. The molecular weight excluding hydrogens is 265 g/mol. The van der Waals surface area contributed by atoms with Crippen molar-refractivity contribution < 1.29 is 13.9 Å². The Morgan fingerprint density at radius 3 is 2.80 bits per heavy atom. The predicted octanol–water partition coefficient (Wildman–Crippen LogP) is 3.09. The number of hydrogen-bond donors (Lipinski definition) is 1. The molecule has 0 saturated carbocycles. The molecule has 1 rings (SSSR count). The van der Waals surface area contributed by atoms with E-state index in [-0.39, 0.29) is 16.3 Å². The second-order valence-corrected chi connectivity index (χ2v) is 4.09. The monoisotopic (exact) mass is 275 g/mol. The number of halogens is 2. The van der Waals surface area contributed by atoms with Crippen LogP contribution >= 0.6 is 15.9 Å². The molecule has 0 radical (unpaired) electrons. The first kappa shape index (κ1) is 12.0. The van der Waals surface area contributed by atoms with Gasteiger partial charge in [-0.25, -0.2) is 9.18 Å². The minimum absolute atomic E-state index is 0.0484. The average molecular weight is 276 g/mol. The van der Waals surface area contributed by atoms with Crippen LogP contribution in [0, 0.1) is 5.82 Å². The summed E-state index contributed by atoms with van der Waals surface area (Å²) in [5.41, 5.74) is 0. The van der Waals surface area contributed by atoms with Crippen LogP contribution in [-0.4, -0.2) is 12.1 Å². The van der Waals surface area contributed by atoms with Gasteiger partial charge in [-0.15, -0.1) is 0 Å². The van der Waals surface area contributed by atoms with Gasteiger partial charge in [-0.2, -0.15) is 0 Å². The van der Waals surface area contributed by atoms with Crippen LogP contribution in [0.4, 0.5) is 9.18 Å². The smallest absolute Gasteiger partial charge is 0.407 e. The molecule has 0 atom stereocenters. The Labute approximate surface area is 95.7 Å². The molecule has 1 N–H and O–H groups in total. The van der Waals surface area contributed by atoms with Crippen LogP contribution in [-0.2, 0) is 0 Å². The minimum Gasteiger partial charge on any atom is -0.407 e. The molecule has 1 amide bonds. The van der Waals surface area contributed by atoms with Gasteiger partial charge in [0.05, 0.1) is 4.47 Å². The lowest BCUT2D eigenvalue weighted by Gasteiger charge is -2.09. The third kappa shape index (κ3) is 3.51. The number of hydrogen-bond acceptors (Lipinski definition) is 2. The molecule has 1 aromatic carbocycles. The van der Waals surface area contributed by atoms with Gasteiger partial charge in [0.1, 0.15) is 0 Å². The Morgan fingerprint density at radius 1 is 1.53 bits per heavy atom. The first-order valence-corrected chi connectivity index (χ1v) is 5.22. The summed E-state index contributed by atoms with van der Waals surface area (Å²) in [6.07, 6.45) is -0.665. The van der Waals surface area contributed by atoms with Crippen LogP contribution in [0.25, 0.3) is 0 Å². The van der Waals surface area contributed by atoms with Gasteiger partial charge in [0.25, 0.3) is 0 Å². The van der Waals surface area contributed by atoms with E-state index >= 15 is 0 Å². The van der Waals surface area contributed by atoms with E-state index in [1.165, 1.54) is 12.1 Å². The molecule has 0 heterocycles. The highest BCUT2D eigenvalue weighted by atomic mass is 79.9. The van der Waals surface area contributed by atoms with Crippen molar-refractivity contribution in [2.24, 2.45) is 0 Å². The summed E-state index contributed by atoms with van der Waals surface area (Å²) in [6.45, 7) is 3.58. The van der Waals surface area contributed by atoms with E-state index in [2.05, 4.69) is 21.2 Å². The minimum atomic E-state index is -0.665. The molecule has 0 bridgehead atoms. The van der Waals surface area contributed by atoms with E-state index in [0.717, 1.165) is 0 Å². The van der Waals surface area contributed by atoms with Crippen LogP contribution in [0.3, 0.4) is 0 Å². The van der Waals surface area contributed by atoms with Crippen molar-refractivity contribution >= 4 is 22.0 Å². The highest BCUT2D eigenvalue weighted by Crippen LogP contribution is 2.24. The Hall–Kier alpha value is -1.10. The van der Waals surface area contributed by atoms with Gasteiger partial charge in [0.2, 0.25) is 0 Å². The lowest BCUT2D eigenvalue weighted by Crippen LogP contribution is -2.32. The van der Waals surface area contributed by atoms with Crippen LogP contribution in [0.1, 0.15) is 13.8 Å². The largest absolute Gasteiger partial charge is 0.412 e. The van der Waals surface area contributed by atoms with Gasteiger partial charge in [-0.05, 0) is 41.9 Å². The fourth-order valence-corrected chi connectivity index (χ4v) is 1.28. The van der Waals surface area contributed by atoms with Crippen LogP contribution in [0.15, 0.2) is 22.7 Å². The maximum absolute atomic E-state index is 13.3. The van der Waals surface area contributed by atoms with Crippen molar-refractivity contribution in [3.63, 3.8) is 0 Å². The normalized spacial score (nSPS) is 10.2. The molecule has 0 unspecified atom stereocenters. The van der Waals surface area contributed by atoms with Crippen molar-refractivity contribution in [1.82, 2.24) is 5.32 Å². The van der Waals surface area contributed by atoms with E-state index < -0.39 is 11.9 Å². The maximum Gasteiger partial charge on any atom is 0.412 e. The van der Waals surface area contributed by atoms with Crippen molar-refractivity contribution in [3.8, 4) is 5.75 Å². The molecule has 0 aliphatic carbocycles. The summed E-state index contributed by atoms with van der Waals surface area (Å²) < 4.78 is 18.4. The van der Waals surface area contributed by atoms with Crippen molar-refractivity contribution in [3.05, 3.63) is 28.5 Å². The molecule has 1 aromatic rings. The Bertz CT molecular complexity index is 368. The zero-order chi connectivity index (χ0) is 11.4. The zero-order valence-electron chi connectivity index (χ0n) is 8.38. The standard InChI is InChI=1S/C10H11BrFNO2/c1-6(2)13-10(14)15-8-5-3-4-7(11)9(8)12/h3-6H,1-2H3,(H,13,14). The molecule has 0 aromatic heterocycles. The lowest BCUT2D eigenvalue weighted by atomic mass is 10.3. The number of benzene rings is 1. The second-order valence-electron chi connectivity index (χ2n) is 3.24. The van der Waals surface area contributed by atoms with Gasteiger partial charge in [0.15, 0.2) is 11.6 Å². The third-order valence-electron chi connectivity index (χ3n) is 1.53. The fraction of sp³-hybridized carbons (Fsp3) is 0.300. The molecule has 0 saturated heterocycles. The molecule has 0 aliphatic heterocycles. The quantitative estimate of drug-likeness (QED) is 0.901. The highest BCUT2D eigenvalue weighted by Gasteiger charge is 2.11. The number of nitrogens with one attached hydrogen (secondary N) is 1. The molecule has 0 fully saturated rings. The second kappa shape index (κ2) is 5.11.